The fraction of sp³-hybridized carbons (Fsp3) is 0.211. The average Bonchev–Trinajstić information content (AvgIpc) is 3.18. The number of carbonyl (C=O) groups is 1. The molecule has 1 aromatic heterocycles. The van der Waals surface area contributed by atoms with E-state index < -0.39 is 0 Å². The van der Waals surface area contributed by atoms with Gasteiger partial charge in [0.25, 0.3) is 0 Å². The fourth-order valence-corrected chi connectivity index (χ4v) is 3.83. The van der Waals surface area contributed by atoms with Crippen molar-refractivity contribution in [3.05, 3.63) is 54.6 Å². The standard InChI is InChI=1S/C19H20N4O3S2/c1-25-16-10-6-5-9-15(16)21-18-22-23-19(28-18)27-13-17(24)20-11-12-26-14-7-3-2-4-8-14/h2-10H,11-13H2,1H3,(H,20,24)(H,21,22). The molecule has 9 heteroatoms. The van der Waals surface area contributed by atoms with E-state index in [1.165, 1.54) is 23.1 Å². The molecule has 7 nitrogen and oxygen atoms in total. The Balaban J connectivity index is 1.38. The minimum absolute atomic E-state index is 0.0731. The summed E-state index contributed by atoms with van der Waals surface area (Å²) < 4.78 is 11.6. The summed E-state index contributed by atoms with van der Waals surface area (Å²) in [7, 11) is 1.62. The van der Waals surface area contributed by atoms with E-state index in [-0.39, 0.29) is 11.7 Å². The number of methoxy groups -OCH3 is 1. The molecular weight excluding hydrogens is 396 g/mol. The molecule has 3 aromatic rings. The molecule has 146 valence electrons. The van der Waals surface area contributed by atoms with E-state index in [4.69, 9.17) is 9.47 Å². The van der Waals surface area contributed by atoms with Crippen molar-refractivity contribution in [1.29, 1.82) is 0 Å². The zero-order chi connectivity index (χ0) is 19.6. The highest BCUT2D eigenvalue weighted by atomic mass is 32.2. The first kappa shape index (κ1) is 20.0. The number of nitrogens with zero attached hydrogens (tertiary/aromatic N) is 2. The van der Waals surface area contributed by atoms with E-state index in [0.29, 0.717) is 22.6 Å². The summed E-state index contributed by atoms with van der Waals surface area (Å²) >= 11 is 2.73. The second-order valence-corrected chi connectivity index (χ2v) is 7.70. The predicted octanol–water partition coefficient (Wildman–Crippen LogP) is 3.58. The number of benzene rings is 2. The van der Waals surface area contributed by atoms with Crippen molar-refractivity contribution < 1.29 is 14.3 Å². The highest BCUT2D eigenvalue weighted by Gasteiger charge is 2.10. The lowest BCUT2D eigenvalue weighted by Gasteiger charge is -2.07. The summed E-state index contributed by atoms with van der Waals surface area (Å²) in [6.07, 6.45) is 0. The van der Waals surface area contributed by atoms with Crippen molar-refractivity contribution in [1.82, 2.24) is 15.5 Å². The number of carbonyl (C=O) groups excluding carboxylic acids is 1. The van der Waals surface area contributed by atoms with Gasteiger partial charge in [0.05, 0.1) is 25.1 Å². The number of rotatable bonds is 10. The van der Waals surface area contributed by atoms with Crippen LogP contribution in [0.25, 0.3) is 0 Å². The van der Waals surface area contributed by atoms with Crippen molar-refractivity contribution in [2.45, 2.75) is 4.34 Å². The molecule has 0 fully saturated rings. The van der Waals surface area contributed by atoms with Gasteiger partial charge in [0, 0.05) is 0 Å². The first-order valence-electron chi connectivity index (χ1n) is 8.55. The molecule has 0 saturated carbocycles. The smallest absolute Gasteiger partial charge is 0.230 e. The third-order valence-electron chi connectivity index (χ3n) is 3.52. The summed E-state index contributed by atoms with van der Waals surface area (Å²) in [5.74, 6) is 1.71. The number of hydrogen-bond acceptors (Lipinski definition) is 8. The highest BCUT2D eigenvalue weighted by Crippen LogP contribution is 2.31. The summed E-state index contributed by atoms with van der Waals surface area (Å²) in [5, 5.41) is 14.8. The molecule has 0 aliphatic carbocycles. The highest BCUT2D eigenvalue weighted by molar-refractivity contribution is 8.01. The van der Waals surface area contributed by atoms with Gasteiger partial charge in [-0.1, -0.05) is 53.4 Å². The second kappa shape index (κ2) is 10.5. The average molecular weight is 417 g/mol. The topological polar surface area (TPSA) is 85.4 Å². The van der Waals surface area contributed by atoms with E-state index in [1.54, 1.807) is 7.11 Å². The molecule has 2 aromatic carbocycles. The van der Waals surface area contributed by atoms with Crippen LogP contribution < -0.4 is 20.1 Å². The molecule has 2 N–H and O–H groups in total. The molecule has 0 aliphatic heterocycles. The molecule has 1 heterocycles. The minimum Gasteiger partial charge on any atom is -0.495 e. The number of ether oxygens (including phenoxy) is 2. The number of nitrogens with one attached hydrogen (secondary N) is 2. The Bertz CT molecular complexity index is 890. The molecule has 3 rings (SSSR count). The second-order valence-electron chi connectivity index (χ2n) is 5.50. The molecule has 0 saturated heterocycles. The van der Waals surface area contributed by atoms with Gasteiger partial charge in [0.2, 0.25) is 11.0 Å². The summed E-state index contributed by atoms with van der Waals surface area (Å²) in [6, 6.07) is 17.1. The molecule has 0 aliphatic rings. The molecule has 0 spiro atoms. The quantitative estimate of drug-likeness (QED) is 0.386. The lowest BCUT2D eigenvalue weighted by molar-refractivity contribution is -0.118. The molecule has 0 unspecified atom stereocenters. The zero-order valence-corrected chi connectivity index (χ0v) is 16.9. The summed E-state index contributed by atoms with van der Waals surface area (Å²) in [6.45, 7) is 0.872. The van der Waals surface area contributed by atoms with Gasteiger partial charge >= 0.3 is 0 Å². The van der Waals surface area contributed by atoms with Gasteiger partial charge in [-0.15, -0.1) is 10.2 Å². The van der Waals surface area contributed by atoms with Gasteiger partial charge in [0.1, 0.15) is 18.1 Å². The Kier molecular flexibility index (Phi) is 7.51. The lowest BCUT2D eigenvalue weighted by atomic mass is 10.3. The van der Waals surface area contributed by atoms with Crippen molar-refractivity contribution in [3.8, 4) is 11.5 Å². The van der Waals surface area contributed by atoms with Gasteiger partial charge < -0.3 is 20.1 Å². The normalized spacial score (nSPS) is 10.3. The van der Waals surface area contributed by atoms with Crippen LogP contribution in [-0.2, 0) is 4.79 Å². The lowest BCUT2D eigenvalue weighted by Crippen LogP contribution is -2.29. The van der Waals surface area contributed by atoms with Crippen LogP contribution in [0.2, 0.25) is 0 Å². The maximum absolute atomic E-state index is 11.9. The third kappa shape index (κ3) is 6.14. The van der Waals surface area contributed by atoms with Gasteiger partial charge in [-0.05, 0) is 24.3 Å². The fourth-order valence-electron chi connectivity index (χ4n) is 2.24. The summed E-state index contributed by atoms with van der Waals surface area (Å²) in [5.41, 5.74) is 0.814. The van der Waals surface area contributed by atoms with Crippen LogP contribution in [0.1, 0.15) is 0 Å². The van der Waals surface area contributed by atoms with E-state index in [9.17, 15) is 4.79 Å². The van der Waals surface area contributed by atoms with Gasteiger partial charge in [-0.2, -0.15) is 0 Å². The Hall–Kier alpha value is -2.78. The number of thioether (sulfide) groups is 1. The Labute approximate surface area is 171 Å². The Morgan fingerprint density at radius 1 is 1.11 bits per heavy atom. The van der Waals surface area contributed by atoms with E-state index >= 15 is 0 Å². The number of anilines is 2. The van der Waals surface area contributed by atoms with Crippen LogP contribution in [0.5, 0.6) is 11.5 Å². The van der Waals surface area contributed by atoms with Crippen molar-refractivity contribution in [2.24, 2.45) is 0 Å². The van der Waals surface area contributed by atoms with Crippen LogP contribution in [-0.4, -0.2) is 42.1 Å². The summed E-state index contributed by atoms with van der Waals surface area (Å²) in [4.78, 5) is 11.9. The van der Waals surface area contributed by atoms with Gasteiger partial charge in [-0.25, -0.2) is 0 Å². The van der Waals surface area contributed by atoms with Crippen molar-refractivity contribution in [3.63, 3.8) is 0 Å². The van der Waals surface area contributed by atoms with E-state index in [2.05, 4.69) is 20.8 Å². The number of amides is 1. The number of hydrogen-bond donors (Lipinski definition) is 2. The number of para-hydroxylation sites is 3. The first-order valence-corrected chi connectivity index (χ1v) is 10.4. The SMILES string of the molecule is COc1ccccc1Nc1nnc(SCC(=O)NCCOc2ccccc2)s1. The Morgan fingerprint density at radius 3 is 2.71 bits per heavy atom. The Morgan fingerprint density at radius 2 is 1.89 bits per heavy atom. The van der Waals surface area contributed by atoms with Crippen LogP contribution in [0.3, 0.4) is 0 Å². The number of aromatic nitrogens is 2. The maximum atomic E-state index is 11.9. The van der Waals surface area contributed by atoms with Crippen LogP contribution in [0, 0.1) is 0 Å². The first-order chi connectivity index (χ1) is 13.7. The largest absolute Gasteiger partial charge is 0.495 e. The zero-order valence-electron chi connectivity index (χ0n) is 15.3. The minimum atomic E-state index is -0.0731. The molecular formula is C19H20N4O3S2. The van der Waals surface area contributed by atoms with Gasteiger partial charge in [-0.3, -0.25) is 4.79 Å². The molecule has 0 radical (unpaired) electrons. The van der Waals surface area contributed by atoms with E-state index in [0.717, 1.165) is 17.2 Å². The predicted molar refractivity (Wildman–Crippen MR) is 112 cm³/mol. The van der Waals surface area contributed by atoms with Crippen LogP contribution >= 0.6 is 23.1 Å². The molecule has 0 atom stereocenters. The third-order valence-corrected chi connectivity index (χ3v) is 5.49. The molecule has 0 bridgehead atoms. The van der Waals surface area contributed by atoms with Crippen molar-refractivity contribution >= 4 is 39.8 Å². The molecule has 1 amide bonds. The van der Waals surface area contributed by atoms with Crippen LogP contribution in [0.15, 0.2) is 58.9 Å². The van der Waals surface area contributed by atoms with Crippen LogP contribution in [0.4, 0.5) is 10.8 Å². The van der Waals surface area contributed by atoms with Gasteiger partial charge in [0.15, 0.2) is 4.34 Å². The monoisotopic (exact) mass is 416 g/mol. The van der Waals surface area contributed by atoms with E-state index in [1.807, 2.05) is 54.6 Å². The maximum Gasteiger partial charge on any atom is 0.230 e. The molecule has 28 heavy (non-hydrogen) atoms. The van der Waals surface area contributed by atoms with Crippen molar-refractivity contribution in [2.75, 3.05) is 31.3 Å².